The van der Waals surface area contributed by atoms with Gasteiger partial charge in [-0.3, -0.25) is 0 Å². The fourth-order valence-electron chi connectivity index (χ4n) is 0.870. The van der Waals surface area contributed by atoms with Crippen molar-refractivity contribution in [3.8, 4) is 0 Å². The van der Waals surface area contributed by atoms with Gasteiger partial charge in [0.05, 0.1) is 10.5 Å². The highest BCUT2D eigenvalue weighted by Crippen LogP contribution is 2.13. The van der Waals surface area contributed by atoms with E-state index in [1.807, 2.05) is 6.92 Å². The highest BCUT2D eigenvalue weighted by molar-refractivity contribution is 7.92. The van der Waals surface area contributed by atoms with Gasteiger partial charge < -0.3 is 5.32 Å². The van der Waals surface area contributed by atoms with Gasteiger partial charge in [-0.25, -0.2) is 21.6 Å². The van der Waals surface area contributed by atoms with E-state index < -0.39 is 24.6 Å². The Morgan fingerprint density at radius 1 is 1.12 bits per heavy atom. The first-order valence-electron chi connectivity index (χ1n) is 5.39. The van der Waals surface area contributed by atoms with Gasteiger partial charge in [0.15, 0.2) is 9.84 Å². The Balaban J connectivity index is 4.38. The summed E-state index contributed by atoms with van der Waals surface area (Å²) in [6.45, 7) is 5.81. The summed E-state index contributed by atoms with van der Waals surface area (Å²) < 4.78 is 47.1. The van der Waals surface area contributed by atoms with E-state index in [0.717, 1.165) is 6.26 Å². The second-order valence-corrected chi connectivity index (χ2v) is 9.10. The lowest BCUT2D eigenvalue weighted by atomic mass is 10.2. The van der Waals surface area contributed by atoms with Crippen LogP contribution >= 0.6 is 0 Å². The fraction of sp³-hybridized carbons (Fsp3) is 1.00. The van der Waals surface area contributed by atoms with Crippen LogP contribution in [0.2, 0.25) is 0 Å². The summed E-state index contributed by atoms with van der Waals surface area (Å²) in [6.07, 6.45) is 1.10. The van der Waals surface area contributed by atoms with Crippen LogP contribution in [0.15, 0.2) is 0 Å². The van der Waals surface area contributed by atoms with E-state index in [0.29, 0.717) is 13.1 Å². The van der Waals surface area contributed by atoms with Crippen LogP contribution in [0.25, 0.3) is 0 Å². The average Bonchev–Trinajstić information content (AvgIpc) is 2.14. The molecule has 0 bridgehead atoms. The second kappa shape index (κ2) is 6.12. The van der Waals surface area contributed by atoms with E-state index in [1.54, 1.807) is 0 Å². The number of sulfone groups is 1. The Labute approximate surface area is 104 Å². The Bertz CT molecular complexity index is 426. The Morgan fingerprint density at radius 2 is 1.65 bits per heavy atom. The minimum Gasteiger partial charge on any atom is -0.316 e. The summed E-state index contributed by atoms with van der Waals surface area (Å²) >= 11 is 0. The van der Waals surface area contributed by atoms with Gasteiger partial charge in [0, 0.05) is 19.3 Å². The van der Waals surface area contributed by atoms with Crippen molar-refractivity contribution in [2.75, 3.05) is 31.6 Å². The van der Waals surface area contributed by atoms with Gasteiger partial charge in [-0.15, -0.1) is 0 Å². The zero-order valence-corrected chi connectivity index (χ0v) is 12.4. The van der Waals surface area contributed by atoms with Crippen molar-refractivity contribution >= 4 is 19.9 Å². The van der Waals surface area contributed by atoms with Crippen molar-refractivity contribution in [1.82, 2.24) is 10.0 Å². The molecule has 0 aliphatic carbocycles. The second-order valence-electron chi connectivity index (χ2n) is 4.53. The van der Waals surface area contributed by atoms with Gasteiger partial charge in [-0.1, -0.05) is 6.92 Å². The van der Waals surface area contributed by atoms with E-state index in [9.17, 15) is 16.8 Å². The standard InChI is InChI=1S/C9H22N2O4S2/c1-5-10-6-7-17(14,15)11-8-9(2,3)16(4,12)13/h10-11H,5-8H2,1-4H3. The summed E-state index contributed by atoms with van der Waals surface area (Å²) in [6, 6.07) is 0. The van der Waals surface area contributed by atoms with Crippen molar-refractivity contribution in [2.24, 2.45) is 0 Å². The molecule has 17 heavy (non-hydrogen) atoms. The van der Waals surface area contributed by atoms with Crippen molar-refractivity contribution in [3.63, 3.8) is 0 Å². The molecule has 0 aromatic heterocycles. The lowest BCUT2D eigenvalue weighted by molar-refractivity contribution is 0.536. The van der Waals surface area contributed by atoms with E-state index in [1.165, 1.54) is 13.8 Å². The molecule has 0 saturated heterocycles. The first kappa shape index (κ1) is 16.8. The average molecular weight is 286 g/mol. The highest BCUT2D eigenvalue weighted by Gasteiger charge is 2.31. The van der Waals surface area contributed by atoms with Crippen LogP contribution in [0.5, 0.6) is 0 Å². The molecule has 0 heterocycles. The first-order chi connectivity index (χ1) is 7.52. The maximum absolute atomic E-state index is 11.5. The van der Waals surface area contributed by atoms with Crippen LogP contribution in [-0.4, -0.2) is 53.2 Å². The number of rotatable bonds is 8. The molecule has 0 aliphatic rings. The van der Waals surface area contributed by atoms with E-state index in [-0.39, 0.29) is 12.3 Å². The summed E-state index contributed by atoms with van der Waals surface area (Å²) in [7, 11) is -6.72. The summed E-state index contributed by atoms with van der Waals surface area (Å²) in [5, 5.41) is 2.89. The van der Waals surface area contributed by atoms with E-state index >= 15 is 0 Å². The van der Waals surface area contributed by atoms with Crippen molar-refractivity contribution in [2.45, 2.75) is 25.5 Å². The predicted octanol–water partition coefficient (Wildman–Crippen LogP) is -0.661. The van der Waals surface area contributed by atoms with Gasteiger partial charge in [0.1, 0.15) is 0 Å². The van der Waals surface area contributed by atoms with Crippen LogP contribution in [0.1, 0.15) is 20.8 Å². The molecule has 0 fully saturated rings. The van der Waals surface area contributed by atoms with Crippen LogP contribution in [-0.2, 0) is 19.9 Å². The fourth-order valence-corrected chi connectivity index (χ4v) is 2.43. The van der Waals surface area contributed by atoms with Crippen molar-refractivity contribution < 1.29 is 16.8 Å². The van der Waals surface area contributed by atoms with Gasteiger partial charge in [-0.2, -0.15) is 0 Å². The molecular formula is C9H22N2O4S2. The lowest BCUT2D eigenvalue weighted by Gasteiger charge is -2.22. The summed E-state index contributed by atoms with van der Waals surface area (Å²) in [5.41, 5.74) is 0. The third-order valence-corrected chi connectivity index (χ3v) is 6.00. The minimum absolute atomic E-state index is 0.0549. The number of hydrogen-bond donors (Lipinski definition) is 2. The molecule has 6 nitrogen and oxygen atoms in total. The molecule has 0 unspecified atom stereocenters. The lowest BCUT2D eigenvalue weighted by Crippen LogP contribution is -2.45. The van der Waals surface area contributed by atoms with Gasteiger partial charge in [0.25, 0.3) is 0 Å². The van der Waals surface area contributed by atoms with Crippen LogP contribution < -0.4 is 10.0 Å². The van der Waals surface area contributed by atoms with Crippen molar-refractivity contribution in [1.29, 1.82) is 0 Å². The molecule has 0 aliphatic heterocycles. The summed E-state index contributed by atoms with van der Waals surface area (Å²) in [5.74, 6) is -0.0549. The summed E-state index contributed by atoms with van der Waals surface area (Å²) in [4.78, 5) is 0. The Kier molecular flexibility index (Phi) is 6.06. The molecule has 8 heteroatoms. The molecule has 0 spiro atoms. The maximum Gasteiger partial charge on any atom is 0.212 e. The molecule has 0 saturated carbocycles. The topological polar surface area (TPSA) is 92.3 Å². The van der Waals surface area contributed by atoms with Gasteiger partial charge in [-0.05, 0) is 20.4 Å². The molecule has 104 valence electrons. The van der Waals surface area contributed by atoms with Crippen LogP contribution in [0, 0.1) is 0 Å². The molecule has 0 aromatic carbocycles. The third-order valence-electron chi connectivity index (χ3n) is 2.52. The molecule has 2 N–H and O–H groups in total. The van der Waals surface area contributed by atoms with E-state index in [2.05, 4.69) is 10.0 Å². The third kappa shape index (κ3) is 6.35. The molecule has 0 amide bonds. The smallest absolute Gasteiger partial charge is 0.212 e. The molecular weight excluding hydrogens is 264 g/mol. The van der Waals surface area contributed by atoms with Crippen LogP contribution in [0.3, 0.4) is 0 Å². The number of sulfonamides is 1. The minimum atomic E-state index is -3.42. The number of hydrogen-bond acceptors (Lipinski definition) is 5. The monoisotopic (exact) mass is 286 g/mol. The molecule has 0 atom stereocenters. The maximum atomic E-state index is 11.5. The zero-order valence-electron chi connectivity index (χ0n) is 10.8. The highest BCUT2D eigenvalue weighted by atomic mass is 32.2. The molecule has 0 aromatic rings. The van der Waals surface area contributed by atoms with Gasteiger partial charge >= 0.3 is 0 Å². The first-order valence-corrected chi connectivity index (χ1v) is 8.94. The molecule has 0 radical (unpaired) electrons. The largest absolute Gasteiger partial charge is 0.316 e. The SMILES string of the molecule is CCNCCS(=O)(=O)NCC(C)(C)S(C)(=O)=O. The normalized spacial score (nSPS) is 13.9. The Hall–Kier alpha value is -0.180. The number of nitrogens with one attached hydrogen (secondary N) is 2. The van der Waals surface area contributed by atoms with Gasteiger partial charge in [0.2, 0.25) is 10.0 Å². The zero-order chi connectivity index (χ0) is 13.7. The quantitative estimate of drug-likeness (QED) is 0.578. The predicted molar refractivity (Wildman–Crippen MR) is 69.3 cm³/mol. The van der Waals surface area contributed by atoms with Crippen molar-refractivity contribution in [3.05, 3.63) is 0 Å². The van der Waals surface area contributed by atoms with E-state index in [4.69, 9.17) is 0 Å². The molecule has 0 rings (SSSR count). The van der Waals surface area contributed by atoms with Crippen LogP contribution in [0.4, 0.5) is 0 Å². The Morgan fingerprint density at radius 3 is 2.06 bits per heavy atom.